The van der Waals surface area contributed by atoms with Crippen molar-refractivity contribution in [3.05, 3.63) is 47.6 Å². The number of allylic oxidation sites excluding steroid dienone is 3. The molecule has 0 saturated heterocycles. The molecular weight excluding hydrogens is 679 g/mol. The largest absolute Gasteiger partial charge is 0.481 e. The van der Waals surface area contributed by atoms with Crippen molar-refractivity contribution in [3.63, 3.8) is 0 Å². The van der Waals surface area contributed by atoms with Crippen LogP contribution in [0, 0.1) is 56.2 Å². The summed E-state index contributed by atoms with van der Waals surface area (Å²) in [4.78, 5) is 61.3. The number of nitrogens with one attached hydrogen (secondary N) is 1. The number of Topliss-reactive ketones (excluding diaryl/α,β-unsaturated/α-hetero) is 1. The van der Waals surface area contributed by atoms with Crippen LogP contribution < -0.4 is 5.32 Å². The molecule has 8 atom stereocenters. The number of aromatic nitrogens is 2. The van der Waals surface area contributed by atoms with Gasteiger partial charge in [0.05, 0.1) is 11.8 Å². The zero-order valence-corrected chi connectivity index (χ0v) is 34.1. The zero-order chi connectivity index (χ0) is 39.3. The molecule has 7 rings (SSSR count). The molecule has 5 saturated carbocycles. The Bertz CT molecular complexity index is 1790. The van der Waals surface area contributed by atoms with Gasteiger partial charge >= 0.3 is 11.9 Å². The smallest absolute Gasteiger partial charge is 0.309 e. The Morgan fingerprint density at radius 2 is 1.61 bits per heavy atom. The number of fused-ring (bicyclic) bond motifs is 7. The van der Waals surface area contributed by atoms with Crippen LogP contribution in [0.1, 0.15) is 145 Å². The predicted octanol–water partition coefficient (Wildman–Crippen LogP) is 8.53. The van der Waals surface area contributed by atoms with Crippen molar-refractivity contribution >= 4 is 23.6 Å². The molecule has 6 aliphatic carbocycles. The van der Waals surface area contributed by atoms with Crippen molar-refractivity contribution in [2.24, 2.45) is 56.2 Å². The first kappa shape index (κ1) is 38.9. The number of amides is 1. The minimum atomic E-state index is -1.17. The Labute approximate surface area is 322 Å². The van der Waals surface area contributed by atoms with Gasteiger partial charge in [0, 0.05) is 29.6 Å². The van der Waals surface area contributed by atoms with Crippen LogP contribution in [0.4, 0.5) is 0 Å². The molecular formula is C45H63N3O6. The van der Waals surface area contributed by atoms with Gasteiger partial charge in [-0.2, -0.15) is 0 Å². The first-order valence-electron chi connectivity index (χ1n) is 20.7. The fraction of sp³-hybridized carbons (Fsp3) is 0.733. The Kier molecular flexibility index (Phi) is 9.25. The van der Waals surface area contributed by atoms with E-state index in [1.165, 1.54) is 5.57 Å². The maximum atomic E-state index is 14.1. The Morgan fingerprint density at radius 1 is 0.926 bits per heavy atom. The van der Waals surface area contributed by atoms with E-state index in [2.05, 4.69) is 69.8 Å². The van der Waals surface area contributed by atoms with Crippen molar-refractivity contribution in [2.45, 2.75) is 151 Å². The van der Waals surface area contributed by atoms with Crippen molar-refractivity contribution in [1.29, 1.82) is 0 Å². The summed E-state index contributed by atoms with van der Waals surface area (Å²) in [6.07, 6.45) is 16.8. The third-order valence-electron chi connectivity index (χ3n) is 16.5. The van der Waals surface area contributed by atoms with Crippen molar-refractivity contribution in [2.75, 3.05) is 0 Å². The van der Waals surface area contributed by atoms with Crippen molar-refractivity contribution < 1.29 is 29.0 Å². The molecule has 0 bridgehead atoms. The Morgan fingerprint density at radius 3 is 2.24 bits per heavy atom. The SMILES string of the molecule is CC(C)C1=C2[C@H]3CC[C@@H]4[C@@]5(C)CC[C@H](OC(=O)CC(C)(C)C(=O)O)C(C)(C)[C@@H]5CC[C@@]4(C)[C@]3(C)CC[C@@]2(C=CC(=O)NC2(c3ncccn3)CC2)CC1=O. The minimum Gasteiger partial charge on any atom is -0.481 e. The summed E-state index contributed by atoms with van der Waals surface area (Å²) >= 11 is 0. The molecule has 1 aromatic rings. The van der Waals surface area contributed by atoms with E-state index in [1.54, 1.807) is 38.4 Å². The highest BCUT2D eigenvalue weighted by atomic mass is 16.5. The summed E-state index contributed by atoms with van der Waals surface area (Å²) in [6, 6.07) is 1.79. The number of carbonyl (C=O) groups excluding carboxylic acids is 3. The summed E-state index contributed by atoms with van der Waals surface area (Å²) < 4.78 is 6.17. The number of hydrogen-bond acceptors (Lipinski definition) is 7. The molecule has 1 amide bonds. The van der Waals surface area contributed by atoms with Gasteiger partial charge in [-0.1, -0.05) is 54.5 Å². The van der Waals surface area contributed by atoms with Crippen LogP contribution in [0.15, 0.2) is 41.8 Å². The molecule has 54 heavy (non-hydrogen) atoms. The van der Waals surface area contributed by atoms with Gasteiger partial charge in [-0.15, -0.1) is 0 Å². The number of esters is 1. The quantitative estimate of drug-likeness (QED) is 0.190. The number of carbonyl (C=O) groups is 4. The third kappa shape index (κ3) is 5.83. The van der Waals surface area contributed by atoms with E-state index < -0.39 is 28.3 Å². The fourth-order valence-corrected chi connectivity index (χ4v) is 13.3. The highest BCUT2D eigenvalue weighted by Gasteiger charge is 2.70. The Hall–Kier alpha value is -3.36. The normalized spacial score (nSPS) is 37.9. The lowest BCUT2D eigenvalue weighted by Gasteiger charge is -2.72. The second-order valence-electron chi connectivity index (χ2n) is 20.5. The monoisotopic (exact) mass is 741 g/mol. The van der Waals surface area contributed by atoms with E-state index in [1.807, 2.05) is 0 Å². The van der Waals surface area contributed by atoms with Gasteiger partial charge in [-0.25, -0.2) is 9.97 Å². The number of carboxylic acid groups (broad SMARTS) is 1. The lowest BCUT2D eigenvalue weighted by molar-refractivity contribution is -0.232. The highest BCUT2D eigenvalue weighted by molar-refractivity contribution is 6.01. The van der Waals surface area contributed by atoms with Gasteiger partial charge in [0.15, 0.2) is 11.6 Å². The summed E-state index contributed by atoms with van der Waals surface area (Å²) in [7, 11) is 0. The van der Waals surface area contributed by atoms with Crippen LogP contribution in [0.3, 0.4) is 0 Å². The van der Waals surface area contributed by atoms with Gasteiger partial charge in [-0.3, -0.25) is 19.2 Å². The third-order valence-corrected chi connectivity index (χ3v) is 16.5. The minimum absolute atomic E-state index is 0.0117. The van der Waals surface area contributed by atoms with Gasteiger partial charge < -0.3 is 15.2 Å². The zero-order valence-electron chi connectivity index (χ0n) is 34.1. The van der Waals surface area contributed by atoms with Gasteiger partial charge in [0.25, 0.3) is 0 Å². The van der Waals surface area contributed by atoms with E-state index in [-0.39, 0.29) is 57.7 Å². The number of carboxylic acids is 1. The van der Waals surface area contributed by atoms with Crippen LogP contribution in [0.5, 0.6) is 0 Å². The van der Waals surface area contributed by atoms with Crippen LogP contribution in [-0.2, 0) is 29.5 Å². The van der Waals surface area contributed by atoms with Gasteiger partial charge in [-0.05, 0) is 141 Å². The molecule has 1 aromatic heterocycles. The molecule has 6 aliphatic rings. The summed E-state index contributed by atoms with van der Waals surface area (Å²) in [6.45, 7) is 19.6. The molecule has 0 radical (unpaired) electrons. The molecule has 294 valence electrons. The number of aliphatic carboxylic acids is 1. The van der Waals surface area contributed by atoms with E-state index in [9.17, 15) is 24.3 Å². The number of rotatable bonds is 9. The molecule has 2 N–H and O–H groups in total. The molecule has 0 aliphatic heterocycles. The fourth-order valence-electron chi connectivity index (χ4n) is 13.3. The molecule has 9 nitrogen and oxygen atoms in total. The van der Waals surface area contributed by atoms with Gasteiger partial charge in [0.2, 0.25) is 5.91 Å². The molecule has 1 heterocycles. The highest BCUT2D eigenvalue weighted by Crippen LogP contribution is 2.77. The number of nitrogens with zero attached hydrogens (tertiary/aromatic N) is 2. The maximum Gasteiger partial charge on any atom is 0.309 e. The van der Waals surface area contributed by atoms with Crippen LogP contribution >= 0.6 is 0 Å². The van der Waals surface area contributed by atoms with E-state index in [4.69, 9.17) is 4.74 Å². The first-order valence-corrected chi connectivity index (χ1v) is 20.7. The number of hydrogen-bond donors (Lipinski definition) is 2. The van der Waals surface area contributed by atoms with Crippen molar-refractivity contribution in [3.8, 4) is 0 Å². The van der Waals surface area contributed by atoms with Crippen LogP contribution in [0.25, 0.3) is 0 Å². The first-order chi connectivity index (χ1) is 25.2. The van der Waals surface area contributed by atoms with Crippen LogP contribution in [-0.4, -0.2) is 44.8 Å². The van der Waals surface area contributed by atoms with E-state index >= 15 is 0 Å². The summed E-state index contributed by atoms with van der Waals surface area (Å²) in [5.41, 5.74) is 0.0488. The second-order valence-corrected chi connectivity index (χ2v) is 20.5. The topological polar surface area (TPSA) is 136 Å². The van der Waals surface area contributed by atoms with E-state index in [0.29, 0.717) is 24.1 Å². The van der Waals surface area contributed by atoms with Crippen LogP contribution in [0.2, 0.25) is 0 Å². The van der Waals surface area contributed by atoms with Crippen molar-refractivity contribution in [1.82, 2.24) is 15.3 Å². The predicted molar refractivity (Wildman–Crippen MR) is 206 cm³/mol. The van der Waals surface area contributed by atoms with E-state index in [0.717, 1.165) is 69.8 Å². The molecule has 5 fully saturated rings. The lowest BCUT2D eigenvalue weighted by Crippen LogP contribution is -2.65. The lowest BCUT2D eigenvalue weighted by atomic mass is 9.33. The molecule has 0 unspecified atom stereocenters. The van der Waals surface area contributed by atoms with Gasteiger partial charge in [0.1, 0.15) is 11.6 Å². The number of ketones is 1. The Balaban J connectivity index is 1.15. The summed E-state index contributed by atoms with van der Waals surface area (Å²) in [5, 5.41) is 12.8. The molecule has 0 aromatic carbocycles. The average molecular weight is 742 g/mol. The second kappa shape index (κ2) is 12.8. The average Bonchev–Trinajstić information content (AvgIpc) is 3.80. The number of ether oxygens (including phenoxy) is 1. The standard InChI is InChI=1S/C45H63N3O6/c1-27(2)35-29(49)25-44(18-15-33(50)48-45(21-22-45)37-46-23-10-24-47-37)20-19-42(8)28(36(35)44)11-12-31-41(7)16-14-32(54-34(51)26-39(3,4)38(52)53)40(5,6)30(41)13-17-43(31,42)9/h10,15,18,23-24,27-28,30-32H,11-14,16-17,19-22,25-26H2,1-9H3,(H,48,50)(H,52,53)/t28-,30+,31-,32+,41+,42-,43-,44+/m1/s1. The molecule has 0 spiro atoms. The molecule has 9 heteroatoms. The maximum absolute atomic E-state index is 14.1. The summed E-state index contributed by atoms with van der Waals surface area (Å²) in [5.74, 6) is 0.555.